The van der Waals surface area contributed by atoms with Crippen molar-refractivity contribution in [1.29, 1.82) is 0 Å². The molecule has 2 N–H and O–H groups in total. The van der Waals surface area contributed by atoms with E-state index >= 15 is 0 Å². The highest BCUT2D eigenvalue weighted by atomic mass is 16.3. The molecule has 0 heterocycles. The highest BCUT2D eigenvalue weighted by molar-refractivity contribution is 4.76. The number of rotatable bonds is 3. The molecule has 1 atom stereocenters. The van der Waals surface area contributed by atoms with Crippen LogP contribution < -0.4 is 5.32 Å². The second-order valence-electron chi connectivity index (χ2n) is 4.14. The summed E-state index contributed by atoms with van der Waals surface area (Å²) in [6, 6.07) is 0. The van der Waals surface area contributed by atoms with Crippen LogP contribution in [0.1, 0.15) is 32.6 Å². The van der Waals surface area contributed by atoms with E-state index in [9.17, 15) is 5.11 Å². The maximum atomic E-state index is 9.70. The van der Waals surface area contributed by atoms with Gasteiger partial charge in [-0.2, -0.15) is 0 Å². The second-order valence-corrected chi connectivity index (χ2v) is 4.14. The van der Waals surface area contributed by atoms with E-state index in [1.807, 2.05) is 7.05 Å². The molecule has 0 aromatic rings. The molecule has 1 fully saturated rings. The van der Waals surface area contributed by atoms with E-state index < -0.39 is 0 Å². The molecule has 2 heteroatoms. The van der Waals surface area contributed by atoms with E-state index in [1.165, 1.54) is 25.7 Å². The third-order valence-electron chi connectivity index (χ3n) is 3.02. The number of aliphatic hydroxyl groups excluding tert-OH is 1. The van der Waals surface area contributed by atoms with Crippen LogP contribution in [0.3, 0.4) is 0 Å². The fourth-order valence-electron chi connectivity index (χ4n) is 2.05. The SMILES string of the molecule is CNCC(O)C1CCC(C)CC1. The van der Waals surface area contributed by atoms with Gasteiger partial charge in [-0.25, -0.2) is 0 Å². The molecular weight excluding hydrogens is 150 g/mol. The fourth-order valence-corrected chi connectivity index (χ4v) is 2.05. The number of likely N-dealkylation sites (N-methyl/N-ethyl adjacent to an activating group) is 1. The zero-order chi connectivity index (χ0) is 8.97. The molecule has 0 spiro atoms. The molecular formula is C10H21NO. The van der Waals surface area contributed by atoms with Crippen molar-refractivity contribution in [3.05, 3.63) is 0 Å². The largest absolute Gasteiger partial charge is 0.392 e. The summed E-state index contributed by atoms with van der Waals surface area (Å²) < 4.78 is 0. The summed E-state index contributed by atoms with van der Waals surface area (Å²) in [6.45, 7) is 3.06. The van der Waals surface area contributed by atoms with Crippen molar-refractivity contribution >= 4 is 0 Å². The van der Waals surface area contributed by atoms with E-state index in [1.54, 1.807) is 0 Å². The van der Waals surface area contributed by atoms with Gasteiger partial charge in [0.2, 0.25) is 0 Å². The Hall–Kier alpha value is -0.0800. The highest BCUT2D eigenvalue weighted by Gasteiger charge is 2.23. The highest BCUT2D eigenvalue weighted by Crippen LogP contribution is 2.30. The molecule has 0 aliphatic heterocycles. The first-order chi connectivity index (χ1) is 5.74. The zero-order valence-corrected chi connectivity index (χ0v) is 8.21. The van der Waals surface area contributed by atoms with E-state index in [4.69, 9.17) is 0 Å². The molecule has 1 unspecified atom stereocenters. The van der Waals surface area contributed by atoms with E-state index in [0.29, 0.717) is 5.92 Å². The normalized spacial score (nSPS) is 33.2. The van der Waals surface area contributed by atoms with E-state index in [-0.39, 0.29) is 6.10 Å². The van der Waals surface area contributed by atoms with Crippen LogP contribution in [0.5, 0.6) is 0 Å². The van der Waals surface area contributed by atoms with Crippen LogP contribution >= 0.6 is 0 Å². The van der Waals surface area contributed by atoms with Gasteiger partial charge in [0.25, 0.3) is 0 Å². The molecule has 1 rings (SSSR count). The Balaban J connectivity index is 2.24. The Morgan fingerprint density at radius 2 is 1.92 bits per heavy atom. The van der Waals surface area contributed by atoms with Crippen molar-refractivity contribution < 1.29 is 5.11 Å². The first kappa shape index (κ1) is 10.0. The molecule has 0 bridgehead atoms. The number of hydrogen-bond acceptors (Lipinski definition) is 2. The van der Waals surface area contributed by atoms with Crippen molar-refractivity contribution in [2.75, 3.05) is 13.6 Å². The minimum Gasteiger partial charge on any atom is -0.392 e. The Bertz CT molecular complexity index is 119. The number of aliphatic hydroxyl groups is 1. The second kappa shape index (κ2) is 4.83. The summed E-state index contributed by atoms with van der Waals surface area (Å²) >= 11 is 0. The van der Waals surface area contributed by atoms with Crippen LogP contribution in [0.2, 0.25) is 0 Å². The Morgan fingerprint density at radius 3 is 2.42 bits per heavy atom. The first-order valence-electron chi connectivity index (χ1n) is 5.06. The molecule has 0 saturated heterocycles. The van der Waals surface area contributed by atoms with Crippen LogP contribution in [0, 0.1) is 11.8 Å². The molecule has 0 amide bonds. The topological polar surface area (TPSA) is 32.3 Å². The fraction of sp³-hybridized carbons (Fsp3) is 1.00. The lowest BCUT2D eigenvalue weighted by molar-refractivity contribution is 0.0770. The smallest absolute Gasteiger partial charge is 0.0692 e. The van der Waals surface area contributed by atoms with Crippen LogP contribution in [0.25, 0.3) is 0 Å². The van der Waals surface area contributed by atoms with Crippen molar-refractivity contribution in [3.63, 3.8) is 0 Å². The third kappa shape index (κ3) is 2.76. The molecule has 1 saturated carbocycles. The minimum absolute atomic E-state index is 0.123. The Kier molecular flexibility index (Phi) is 4.02. The predicted octanol–water partition coefficient (Wildman–Crippen LogP) is 1.39. The van der Waals surface area contributed by atoms with E-state index in [2.05, 4.69) is 12.2 Å². The summed E-state index contributed by atoms with van der Waals surface area (Å²) in [7, 11) is 1.90. The molecule has 2 nitrogen and oxygen atoms in total. The first-order valence-corrected chi connectivity index (χ1v) is 5.06. The summed E-state index contributed by atoms with van der Waals surface area (Å²) in [5.41, 5.74) is 0. The summed E-state index contributed by atoms with van der Waals surface area (Å²) in [5.74, 6) is 1.43. The summed E-state index contributed by atoms with van der Waals surface area (Å²) in [4.78, 5) is 0. The zero-order valence-electron chi connectivity index (χ0n) is 8.21. The lowest BCUT2D eigenvalue weighted by atomic mass is 9.80. The number of hydrogen-bond donors (Lipinski definition) is 2. The average Bonchev–Trinajstić information content (AvgIpc) is 2.06. The quantitative estimate of drug-likeness (QED) is 0.672. The van der Waals surface area contributed by atoms with E-state index in [0.717, 1.165) is 12.5 Å². The maximum absolute atomic E-state index is 9.70. The van der Waals surface area contributed by atoms with Crippen molar-refractivity contribution in [2.24, 2.45) is 11.8 Å². The average molecular weight is 171 g/mol. The summed E-state index contributed by atoms with van der Waals surface area (Å²) in [6.07, 6.45) is 4.90. The Morgan fingerprint density at radius 1 is 1.33 bits per heavy atom. The molecule has 0 aromatic heterocycles. The van der Waals surface area contributed by atoms with Gasteiger partial charge in [0.05, 0.1) is 6.10 Å². The molecule has 12 heavy (non-hydrogen) atoms. The van der Waals surface area contributed by atoms with Gasteiger partial charge in [0.1, 0.15) is 0 Å². The van der Waals surface area contributed by atoms with Crippen molar-refractivity contribution in [3.8, 4) is 0 Å². The molecule has 1 aliphatic carbocycles. The van der Waals surface area contributed by atoms with Gasteiger partial charge in [-0.05, 0) is 31.7 Å². The predicted molar refractivity (Wildman–Crippen MR) is 51.1 cm³/mol. The van der Waals surface area contributed by atoms with Crippen LogP contribution in [-0.4, -0.2) is 24.8 Å². The maximum Gasteiger partial charge on any atom is 0.0692 e. The van der Waals surface area contributed by atoms with Crippen LogP contribution in [0.4, 0.5) is 0 Å². The van der Waals surface area contributed by atoms with Gasteiger partial charge in [-0.3, -0.25) is 0 Å². The Labute approximate surface area is 75.4 Å². The van der Waals surface area contributed by atoms with Gasteiger partial charge in [-0.1, -0.05) is 19.8 Å². The van der Waals surface area contributed by atoms with Gasteiger partial charge in [-0.15, -0.1) is 0 Å². The van der Waals surface area contributed by atoms with Crippen LogP contribution in [-0.2, 0) is 0 Å². The lowest BCUT2D eigenvalue weighted by Crippen LogP contribution is -2.33. The minimum atomic E-state index is -0.123. The monoisotopic (exact) mass is 171 g/mol. The number of nitrogens with one attached hydrogen (secondary N) is 1. The lowest BCUT2D eigenvalue weighted by Gasteiger charge is -2.29. The van der Waals surface area contributed by atoms with Gasteiger partial charge >= 0.3 is 0 Å². The van der Waals surface area contributed by atoms with Gasteiger partial charge in [0.15, 0.2) is 0 Å². The van der Waals surface area contributed by atoms with Crippen LogP contribution in [0.15, 0.2) is 0 Å². The third-order valence-corrected chi connectivity index (χ3v) is 3.02. The molecule has 0 aromatic carbocycles. The van der Waals surface area contributed by atoms with Crippen molar-refractivity contribution in [1.82, 2.24) is 5.32 Å². The molecule has 0 radical (unpaired) electrons. The molecule has 1 aliphatic rings. The summed E-state index contributed by atoms with van der Waals surface area (Å²) in [5, 5.41) is 12.7. The van der Waals surface area contributed by atoms with Gasteiger partial charge < -0.3 is 10.4 Å². The van der Waals surface area contributed by atoms with Gasteiger partial charge in [0, 0.05) is 6.54 Å². The van der Waals surface area contributed by atoms with Crippen molar-refractivity contribution in [2.45, 2.75) is 38.7 Å². The standard InChI is InChI=1S/C10H21NO/c1-8-3-5-9(6-4-8)10(12)7-11-2/h8-12H,3-7H2,1-2H3. The molecule has 72 valence electrons.